The van der Waals surface area contributed by atoms with Gasteiger partial charge in [0.1, 0.15) is 29.3 Å². The van der Waals surface area contributed by atoms with Gasteiger partial charge in [-0.3, -0.25) is 14.3 Å². The van der Waals surface area contributed by atoms with Crippen molar-refractivity contribution in [3.05, 3.63) is 77.6 Å². The lowest BCUT2D eigenvalue weighted by atomic mass is 10.2. The molecule has 1 aromatic heterocycles. The van der Waals surface area contributed by atoms with E-state index in [4.69, 9.17) is 0 Å². The molecule has 0 fully saturated rings. The van der Waals surface area contributed by atoms with Crippen molar-refractivity contribution in [2.24, 2.45) is 0 Å². The smallest absolute Gasteiger partial charge is 0.276 e. The molecule has 0 aliphatic carbocycles. The minimum Gasteiger partial charge on any atom is -0.322 e. The van der Waals surface area contributed by atoms with E-state index in [0.717, 1.165) is 36.4 Å². The highest BCUT2D eigenvalue weighted by Crippen LogP contribution is 2.20. The van der Waals surface area contributed by atoms with Crippen molar-refractivity contribution in [1.82, 2.24) is 9.78 Å². The van der Waals surface area contributed by atoms with Crippen molar-refractivity contribution >= 4 is 23.2 Å². The number of halogens is 4. The first-order valence-corrected chi connectivity index (χ1v) is 8.86. The third-order valence-corrected chi connectivity index (χ3v) is 4.21. The third kappa shape index (κ3) is 4.65. The predicted octanol–water partition coefficient (Wildman–Crippen LogP) is 4.28. The van der Waals surface area contributed by atoms with Crippen LogP contribution in [0.4, 0.5) is 28.9 Å². The van der Waals surface area contributed by atoms with Crippen LogP contribution in [0.3, 0.4) is 0 Å². The topological polar surface area (TPSA) is 76.0 Å². The lowest BCUT2D eigenvalue weighted by Crippen LogP contribution is -2.27. The third-order valence-electron chi connectivity index (χ3n) is 4.21. The summed E-state index contributed by atoms with van der Waals surface area (Å²) in [7, 11) is 0. The van der Waals surface area contributed by atoms with Crippen molar-refractivity contribution in [2.45, 2.75) is 19.4 Å². The van der Waals surface area contributed by atoms with Crippen LogP contribution in [0.25, 0.3) is 0 Å². The number of aromatic nitrogens is 2. The highest BCUT2D eigenvalue weighted by atomic mass is 19.1. The number of carbonyl (C=O) groups excluding carboxylic acids is 2. The predicted molar refractivity (Wildman–Crippen MR) is 101 cm³/mol. The lowest BCUT2D eigenvalue weighted by molar-refractivity contribution is -0.119. The van der Waals surface area contributed by atoms with Crippen LogP contribution in [0.5, 0.6) is 0 Å². The maximum atomic E-state index is 13.8. The van der Waals surface area contributed by atoms with Gasteiger partial charge in [0.05, 0.1) is 11.4 Å². The van der Waals surface area contributed by atoms with Crippen molar-refractivity contribution < 1.29 is 27.2 Å². The SMILES string of the molecule is CC[C@H](C(=O)Nc1cc(F)ccc1F)n1ccc(C(=O)Nc2cc(F)ccc2F)n1. The number of rotatable bonds is 6. The molecule has 2 N–H and O–H groups in total. The molecule has 0 spiro atoms. The summed E-state index contributed by atoms with van der Waals surface area (Å²) in [5, 5.41) is 8.48. The Morgan fingerprint density at radius 3 is 2.07 bits per heavy atom. The molecule has 156 valence electrons. The average Bonchev–Trinajstić information content (AvgIpc) is 3.18. The summed E-state index contributed by atoms with van der Waals surface area (Å²) in [6.07, 6.45) is 1.57. The highest BCUT2D eigenvalue weighted by molar-refractivity contribution is 6.03. The van der Waals surface area contributed by atoms with E-state index in [9.17, 15) is 27.2 Å². The first-order valence-electron chi connectivity index (χ1n) is 8.86. The molecule has 10 heteroatoms. The Balaban J connectivity index is 1.75. The van der Waals surface area contributed by atoms with Crippen LogP contribution in [-0.4, -0.2) is 21.6 Å². The molecule has 3 rings (SSSR count). The number of nitrogens with one attached hydrogen (secondary N) is 2. The van der Waals surface area contributed by atoms with Crippen LogP contribution < -0.4 is 10.6 Å². The van der Waals surface area contributed by atoms with Crippen LogP contribution in [0.1, 0.15) is 29.9 Å². The molecular formula is C20H16F4N4O2. The summed E-state index contributed by atoms with van der Waals surface area (Å²) in [5.41, 5.74) is -0.840. The zero-order valence-electron chi connectivity index (χ0n) is 15.6. The molecule has 3 aromatic rings. The van der Waals surface area contributed by atoms with Gasteiger partial charge in [-0.15, -0.1) is 0 Å². The highest BCUT2D eigenvalue weighted by Gasteiger charge is 2.22. The van der Waals surface area contributed by atoms with E-state index >= 15 is 0 Å². The van der Waals surface area contributed by atoms with Gasteiger partial charge >= 0.3 is 0 Å². The molecule has 6 nitrogen and oxygen atoms in total. The van der Waals surface area contributed by atoms with Crippen LogP contribution in [-0.2, 0) is 4.79 Å². The van der Waals surface area contributed by atoms with E-state index in [1.165, 1.54) is 16.9 Å². The van der Waals surface area contributed by atoms with Crippen LogP contribution >= 0.6 is 0 Å². The minimum absolute atomic E-state index is 0.151. The minimum atomic E-state index is -0.930. The largest absolute Gasteiger partial charge is 0.322 e. The fourth-order valence-corrected chi connectivity index (χ4v) is 2.71. The van der Waals surface area contributed by atoms with Gasteiger partial charge in [-0.25, -0.2) is 17.6 Å². The zero-order valence-corrected chi connectivity index (χ0v) is 15.6. The van der Waals surface area contributed by atoms with Crippen LogP contribution in [0.15, 0.2) is 48.7 Å². The number of benzene rings is 2. The number of hydrogen-bond donors (Lipinski definition) is 2. The number of carbonyl (C=O) groups is 2. The summed E-state index contributed by atoms with van der Waals surface area (Å²) in [4.78, 5) is 24.8. The average molecular weight is 420 g/mol. The summed E-state index contributed by atoms with van der Waals surface area (Å²) >= 11 is 0. The fraction of sp³-hybridized carbons (Fsp3) is 0.150. The molecule has 0 saturated heterocycles. The van der Waals surface area contributed by atoms with E-state index in [2.05, 4.69) is 15.7 Å². The molecule has 1 atom stereocenters. The van der Waals surface area contributed by atoms with Crippen molar-refractivity contribution in [3.8, 4) is 0 Å². The van der Waals surface area contributed by atoms with Crippen molar-refractivity contribution in [3.63, 3.8) is 0 Å². The van der Waals surface area contributed by atoms with Gasteiger partial charge in [-0.1, -0.05) is 6.92 Å². The summed E-state index contributed by atoms with van der Waals surface area (Å²) in [6.45, 7) is 1.66. The Morgan fingerprint density at radius 1 is 0.933 bits per heavy atom. The first-order chi connectivity index (χ1) is 14.3. The first kappa shape index (κ1) is 21.0. The van der Waals surface area contributed by atoms with Crippen LogP contribution in [0, 0.1) is 23.3 Å². The number of amides is 2. The van der Waals surface area contributed by atoms with E-state index in [-0.39, 0.29) is 23.5 Å². The molecule has 0 radical (unpaired) electrons. The number of anilines is 2. The molecule has 0 aliphatic heterocycles. The quantitative estimate of drug-likeness (QED) is 0.585. The molecule has 2 aromatic carbocycles. The molecule has 0 saturated carbocycles. The second-order valence-corrected chi connectivity index (χ2v) is 6.30. The lowest BCUT2D eigenvalue weighted by Gasteiger charge is -2.16. The Labute approximate surface area is 168 Å². The molecular weight excluding hydrogens is 404 g/mol. The second kappa shape index (κ2) is 8.76. The van der Waals surface area contributed by atoms with Gasteiger partial charge < -0.3 is 10.6 Å². The Bertz CT molecular complexity index is 1100. The maximum Gasteiger partial charge on any atom is 0.276 e. The molecule has 30 heavy (non-hydrogen) atoms. The van der Waals surface area contributed by atoms with Gasteiger partial charge in [0.25, 0.3) is 5.91 Å². The van der Waals surface area contributed by atoms with E-state index in [1.54, 1.807) is 6.92 Å². The van der Waals surface area contributed by atoms with Crippen molar-refractivity contribution in [1.29, 1.82) is 0 Å². The maximum absolute atomic E-state index is 13.8. The van der Waals surface area contributed by atoms with Gasteiger partial charge in [0.2, 0.25) is 5.91 Å². The van der Waals surface area contributed by atoms with Gasteiger partial charge in [0, 0.05) is 18.3 Å². The molecule has 1 heterocycles. The van der Waals surface area contributed by atoms with Gasteiger partial charge in [-0.05, 0) is 36.8 Å². The number of hydrogen-bond acceptors (Lipinski definition) is 3. The van der Waals surface area contributed by atoms with E-state index in [1.807, 2.05) is 0 Å². The molecule has 0 bridgehead atoms. The second-order valence-electron chi connectivity index (χ2n) is 6.30. The number of nitrogens with zero attached hydrogens (tertiary/aromatic N) is 2. The van der Waals surface area contributed by atoms with Gasteiger partial charge in [-0.2, -0.15) is 5.10 Å². The van der Waals surface area contributed by atoms with Crippen molar-refractivity contribution in [2.75, 3.05) is 10.6 Å². The molecule has 0 aliphatic rings. The summed E-state index contributed by atoms with van der Waals surface area (Å²) in [5.74, 6) is -4.57. The van der Waals surface area contributed by atoms with E-state index < -0.39 is 41.1 Å². The normalized spacial score (nSPS) is 11.8. The summed E-state index contributed by atoms with van der Waals surface area (Å²) < 4.78 is 55.2. The van der Waals surface area contributed by atoms with Crippen LogP contribution in [0.2, 0.25) is 0 Å². The van der Waals surface area contributed by atoms with Gasteiger partial charge in [0.15, 0.2) is 5.69 Å². The Hall–Kier alpha value is -3.69. The monoisotopic (exact) mass is 420 g/mol. The standard InChI is InChI=1S/C20H16F4N4O2/c1-2-18(20(30)26-17-10-12(22)4-6-14(17)24)28-8-7-15(27-28)19(29)25-16-9-11(21)3-5-13(16)23/h3-10,18H,2H2,1H3,(H,25,29)(H,26,30)/t18-/m1/s1. The fourth-order valence-electron chi connectivity index (χ4n) is 2.71. The molecule has 0 unspecified atom stereocenters. The Kier molecular flexibility index (Phi) is 6.14. The van der Waals surface area contributed by atoms with E-state index in [0.29, 0.717) is 0 Å². The zero-order chi connectivity index (χ0) is 21.8. The Morgan fingerprint density at radius 2 is 1.50 bits per heavy atom. The molecule has 2 amide bonds. The summed E-state index contributed by atoms with van der Waals surface area (Å²) in [6, 6.07) is 5.59.